The highest BCUT2D eigenvalue weighted by molar-refractivity contribution is 6.02. The molecule has 1 amide bonds. The van der Waals surface area contributed by atoms with Crippen molar-refractivity contribution >= 4 is 17.8 Å². The summed E-state index contributed by atoms with van der Waals surface area (Å²) in [6.07, 6.45) is 7.73. The van der Waals surface area contributed by atoms with Crippen molar-refractivity contribution in [3.05, 3.63) is 95.3 Å². The van der Waals surface area contributed by atoms with Crippen LogP contribution in [-0.2, 0) is 17.8 Å². The smallest absolute Gasteiger partial charge is 0.268 e. The van der Waals surface area contributed by atoms with Gasteiger partial charge in [0.1, 0.15) is 31.1 Å². The highest BCUT2D eigenvalue weighted by Gasteiger charge is 2.26. The van der Waals surface area contributed by atoms with E-state index in [2.05, 4.69) is 21.4 Å². The summed E-state index contributed by atoms with van der Waals surface area (Å²) in [7, 11) is 0. The standard InChI is InChI=1S/C28H26N6O3/c1-19-14-26(32-28(31-19)33-11-10-29-18-33)34-17-22-5-3-2-4-21(22)16-23(34)27(35)30-9-8-20-6-7-24-25(15-20)37-13-12-36-24/h2-7,10-11,14-16,18H,8-9,12-13,17H2,1H3,(H,30,35). The number of anilines is 1. The Hall–Kier alpha value is -4.66. The van der Waals surface area contributed by atoms with Gasteiger partial charge in [-0.1, -0.05) is 30.3 Å². The van der Waals surface area contributed by atoms with E-state index in [0.717, 1.165) is 33.9 Å². The number of hydrogen-bond donors (Lipinski definition) is 1. The van der Waals surface area contributed by atoms with Gasteiger partial charge in [0.25, 0.3) is 5.91 Å². The lowest BCUT2D eigenvalue weighted by atomic mass is 10.0. The molecule has 2 aromatic heterocycles. The highest BCUT2D eigenvalue weighted by atomic mass is 16.6. The van der Waals surface area contributed by atoms with Crippen LogP contribution in [-0.4, -0.2) is 45.2 Å². The summed E-state index contributed by atoms with van der Waals surface area (Å²) < 4.78 is 13.0. The molecule has 0 unspecified atom stereocenters. The molecule has 2 aliphatic heterocycles. The molecule has 2 aliphatic rings. The molecular weight excluding hydrogens is 468 g/mol. The Kier molecular flexibility index (Phi) is 6.02. The second-order valence-corrected chi connectivity index (χ2v) is 8.94. The Morgan fingerprint density at radius 2 is 1.92 bits per heavy atom. The minimum Gasteiger partial charge on any atom is -0.486 e. The van der Waals surface area contributed by atoms with Gasteiger partial charge in [-0.2, -0.15) is 4.98 Å². The maximum Gasteiger partial charge on any atom is 0.268 e. The second-order valence-electron chi connectivity index (χ2n) is 8.94. The van der Waals surface area contributed by atoms with Crippen molar-refractivity contribution in [2.75, 3.05) is 24.7 Å². The Morgan fingerprint density at radius 3 is 2.78 bits per heavy atom. The zero-order valence-electron chi connectivity index (χ0n) is 20.4. The van der Waals surface area contributed by atoms with E-state index in [1.54, 1.807) is 23.3 Å². The van der Waals surface area contributed by atoms with Crippen molar-refractivity contribution in [2.24, 2.45) is 0 Å². The third-order valence-corrected chi connectivity index (χ3v) is 6.35. The molecule has 4 heterocycles. The molecule has 0 saturated heterocycles. The molecule has 0 spiro atoms. The Labute approximate surface area is 214 Å². The van der Waals surface area contributed by atoms with Crippen LogP contribution >= 0.6 is 0 Å². The van der Waals surface area contributed by atoms with Crippen LogP contribution in [0.3, 0.4) is 0 Å². The first kappa shape index (κ1) is 22.8. The molecule has 0 fully saturated rings. The number of aryl methyl sites for hydroxylation is 1. The molecular formula is C28H26N6O3. The summed E-state index contributed by atoms with van der Waals surface area (Å²) in [5.41, 5.74) is 4.55. The fourth-order valence-corrected chi connectivity index (χ4v) is 4.51. The first-order chi connectivity index (χ1) is 18.1. The largest absolute Gasteiger partial charge is 0.486 e. The number of nitrogens with zero attached hydrogens (tertiary/aromatic N) is 5. The van der Waals surface area contributed by atoms with Crippen molar-refractivity contribution in [1.29, 1.82) is 0 Å². The summed E-state index contributed by atoms with van der Waals surface area (Å²) in [5, 5.41) is 3.09. The van der Waals surface area contributed by atoms with Crippen LogP contribution in [0.25, 0.3) is 12.0 Å². The molecule has 0 aliphatic carbocycles. The van der Waals surface area contributed by atoms with E-state index in [4.69, 9.17) is 14.5 Å². The van der Waals surface area contributed by atoms with E-state index in [-0.39, 0.29) is 5.91 Å². The van der Waals surface area contributed by atoms with Crippen LogP contribution in [0.15, 0.2) is 72.9 Å². The number of carbonyl (C=O) groups is 1. The second kappa shape index (κ2) is 9.77. The fourth-order valence-electron chi connectivity index (χ4n) is 4.51. The number of hydrogen-bond acceptors (Lipinski definition) is 7. The predicted molar refractivity (Wildman–Crippen MR) is 139 cm³/mol. The lowest BCUT2D eigenvalue weighted by Crippen LogP contribution is -2.38. The average molecular weight is 495 g/mol. The zero-order valence-corrected chi connectivity index (χ0v) is 20.4. The monoisotopic (exact) mass is 494 g/mol. The van der Waals surface area contributed by atoms with Crippen molar-refractivity contribution in [3.63, 3.8) is 0 Å². The van der Waals surface area contributed by atoms with Gasteiger partial charge in [-0.05, 0) is 48.2 Å². The third-order valence-electron chi connectivity index (χ3n) is 6.35. The number of nitrogens with one attached hydrogen (secondary N) is 1. The summed E-state index contributed by atoms with van der Waals surface area (Å²) in [6.45, 7) is 4.03. The number of imidazole rings is 1. The Bertz CT molecular complexity index is 1480. The molecule has 9 nitrogen and oxygen atoms in total. The van der Waals surface area contributed by atoms with Gasteiger partial charge in [0.15, 0.2) is 11.5 Å². The third kappa shape index (κ3) is 4.75. The van der Waals surface area contributed by atoms with Crippen LogP contribution in [0.1, 0.15) is 22.4 Å². The Balaban J connectivity index is 1.24. The van der Waals surface area contributed by atoms with E-state index >= 15 is 0 Å². The van der Waals surface area contributed by atoms with Crippen molar-refractivity contribution < 1.29 is 14.3 Å². The van der Waals surface area contributed by atoms with Crippen LogP contribution in [0.2, 0.25) is 0 Å². The van der Waals surface area contributed by atoms with Gasteiger partial charge in [-0.3, -0.25) is 9.36 Å². The average Bonchev–Trinajstić information content (AvgIpc) is 3.47. The quantitative estimate of drug-likeness (QED) is 0.439. The van der Waals surface area contributed by atoms with Gasteiger partial charge in [0.05, 0.1) is 6.54 Å². The number of benzene rings is 2. The van der Waals surface area contributed by atoms with E-state index in [0.29, 0.717) is 50.2 Å². The lowest BCUT2D eigenvalue weighted by molar-refractivity contribution is -0.117. The molecule has 4 aromatic rings. The normalized spacial score (nSPS) is 14.1. The summed E-state index contributed by atoms with van der Waals surface area (Å²) in [6, 6.07) is 15.9. The topological polar surface area (TPSA) is 94.4 Å². The molecule has 0 bridgehead atoms. The first-order valence-corrected chi connectivity index (χ1v) is 12.2. The molecule has 0 radical (unpaired) electrons. The van der Waals surface area contributed by atoms with Crippen molar-refractivity contribution in [3.8, 4) is 17.4 Å². The van der Waals surface area contributed by atoms with Gasteiger partial charge in [-0.15, -0.1) is 0 Å². The van der Waals surface area contributed by atoms with Gasteiger partial charge in [-0.25, -0.2) is 9.97 Å². The molecule has 0 atom stereocenters. The summed E-state index contributed by atoms with van der Waals surface area (Å²) in [5.74, 6) is 2.51. The highest BCUT2D eigenvalue weighted by Crippen LogP contribution is 2.31. The number of amides is 1. The minimum absolute atomic E-state index is 0.160. The van der Waals surface area contributed by atoms with Crippen LogP contribution in [0, 0.1) is 6.92 Å². The maximum absolute atomic E-state index is 13.5. The van der Waals surface area contributed by atoms with Gasteiger partial charge < -0.3 is 19.7 Å². The van der Waals surface area contributed by atoms with Crippen molar-refractivity contribution in [2.45, 2.75) is 19.9 Å². The van der Waals surface area contributed by atoms with Gasteiger partial charge in [0.2, 0.25) is 5.95 Å². The lowest BCUT2D eigenvalue weighted by Gasteiger charge is -2.30. The zero-order chi connectivity index (χ0) is 25.2. The fraction of sp³-hybridized carbons (Fsp3) is 0.214. The number of fused-ring (bicyclic) bond motifs is 2. The van der Waals surface area contributed by atoms with E-state index in [1.807, 2.05) is 60.4 Å². The van der Waals surface area contributed by atoms with E-state index in [1.165, 1.54) is 0 Å². The van der Waals surface area contributed by atoms with Gasteiger partial charge in [0, 0.05) is 30.7 Å². The molecule has 6 rings (SSSR count). The summed E-state index contributed by atoms with van der Waals surface area (Å²) in [4.78, 5) is 28.8. The maximum atomic E-state index is 13.5. The number of ether oxygens (including phenoxy) is 2. The molecule has 186 valence electrons. The number of rotatable bonds is 6. The number of carbonyl (C=O) groups excluding carboxylic acids is 1. The predicted octanol–water partition coefficient (Wildman–Crippen LogP) is 3.46. The molecule has 1 N–H and O–H groups in total. The molecule has 0 saturated carbocycles. The SMILES string of the molecule is Cc1cc(N2Cc3ccccc3C=C2C(=O)NCCc2ccc3c(c2)OCCO3)nc(-n2ccnc2)n1. The molecule has 37 heavy (non-hydrogen) atoms. The van der Waals surface area contributed by atoms with Crippen molar-refractivity contribution in [1.82, 2.24) is 24.8 Å². The number of aromatic nitrogens is 4. The van der Waals surface area contributed by atoms with Crippen LogP contribution < -0.4 is 19.7 Å². The Morgan fingerprint density at radius 1 is 1.05 bits per heavy atom. The first-order valence-electron chi connectivity index (χ1n) is 12.2. The summed E-state index contributed by atoms with van der Waals surface area (Å²) >= 11 is 0. The molecule has 9 heteroatoms. The van der Waals surface area contributed by atoms with E-state index in [9.17, 15) is 4.79 Å². The molecule has 2 aromatic carbocycles. The van der Waals surface area contributed by atoms with Crippen LogP contribution in [0.4, 0.5) is 5.82 Å². The van der Waals surface area contributed by atoms with E-state index < -0.39 is 0 Å². The van der Waals surface area contributed by atoms with Gasteiger partial charge >= 0.3 is 0 Å². The van der Waals surface area contributed by atoms with Crippen LogP contribution in [0.5, 0.6) is 11.5 Å². The minimum atomic E-state index is -0.160.